The van der Waals surface area contributed by atoms with Crippen molar-refractivity contribution in [2.45, 2.75) is 5.79 Å². The van der Waals surface area contributed by atoms with Gasteiger partial charge in [0.05, 0.1) is 0 Å². The van der Waals surface area contributed by atoms with Crippen molar-refractivity contribution in [1.29, 1.82) is 0 Å². The molecule has 1 aromatic carbocycles. The molecular formula is C12H9NO3. The summed E-state index contributed by atoms with van der Waals surface area (Å²) >= 11 is 0. The van der Waals surface area contributed by atoms with Crippen LogP contribution in [0.5, 0.6) is 5.75 Å². The Labute approximate surface area is 91.8 Å². The highest BCUT2D eigenvalue weighted by atomic mass is 16.5. The lowest BCUT2D eigenvalue weighted by atomic mass is 10.1. The maximum absolute atomic E-state index is 9.42. The molecule has 0 fully saturated rings. The van der Waals surface area contributed by atoms with E-state index in [1.54, 1.807) is 6.07 Å². The first-order valence-corrected chi connectivity index (χ1v) is 4.87. The number of aliphatic imine (C=N–C) groups is 1. The first kappa shape index (κ1) is 9.33. The van der Waals surface area contributed by atoms with Gasteiger partial charge in [-0.2, -0.15) is 0 Å². The first-order valence-electron chi connectivity index (χ1n) is 4.87. The van der Waals surface area contributed by atoms with Gasteiger partial charge >= 0.3 is 0 Å². The first-order chi connectivity index (χ1) is 7.64. The third-order valence-corrected chi connectivity index (χ3v) is 2.41. The van der Waals surface area contributed by atoms with Gasteiger partial charge in [0, 0.05) is 6.08 Å². The van der Waals surface area contributed by atoms with Crippen molar-refractivity contribution in [1.82, 2.24) is 0 Å². The molecule has 2 N–H and O–H groups in total. The fraction of sp³-hybridized carbons (Fsp3) is 0.0833. The summed E-state index contributed by atoms with van der Waals surface area (Å²) < 4.78 is 5.53. The predicted molar refractivity (Wildman–Crippen MR) is 58.6 cm³/mol. The Morgan fingerprint density at radius 1 is 1.19 bits per heavy atom. The van der Waals surface area contributed by atoms with Gasteiger partial charge in [-0.05, 0) is 24.3 Å². The fourth-order valence-electron chi connectivity index (χ4n) is 1.66. The van der Waals surface area contributed by atoms with E-state index in [2.05, 4.69) is 4.99 Å². The highest BCUT2D eigenvalue weighted by molar-refractivity contribution is 6.10. The highest BCUT2D eigenvalue weighted by Gasteiger charge is 2.27. The number of nitrogens with zero attached hydrogens (tertiary/aromatic N) is 1. The minimum Gasteiger partial charge on any atom is -0.453 e. The second-order valence-electron chi connectivity index (χ2n) is 3.69. The number of allylic oxidation sites excluding steroid dienone is 1. The van der Waals surface area contributed by atoms with Gasteiger partial charge in [0.1, 0.15) is 11.4 Å². The molecule has 0 atom stereocenters. The van der Waals surface area contributed by atoms with Crippen LogP contribution in [-0.2, 0) is 0 Å². The molecule has 0 radical (unpaired) electrons. The summed E-state index contributed by atoms with van der Waals surface area (Å²) in [6.07, 6.45) is 4.01. The van der Waals surface area contributed by atoms with Gasteiger partial charge in [0.2, 0.25) is 5.79 Å². The van der Waals surface area contributed by atoms with E-state index in [4.69, 9.17) is 4.74 Å². The maximum Gasteiger partial charge on any atom is 0.207 e. The smallest absolute Gasteiger partial charge is 0.207 e. The Morgan fingerprint density at radius 3 is 2.88 bits per heavy atom. The molecule has 0 saturated carbocycles. The third kappa shape index (κ3) is 1.44. The van der Waals surface area contributed by atoms with Crippen LogP contribution in [0.4, 0.5) is 5.69 Å². The summed E-state index contributed by atoms with van der Waals surface area (Å²) in [6.45, 7) is 0. The van der Waals surface area contributed by atoms with Crippen LogP contribution < -0.4 is 4.74 Å². The van der Waals surface area contributed by atoms with E-state index in [1.165, 1.54) is 18.2 Å². The molecule has 0 unspecified atom stereocenters. The standard InChI is InChI=1S/C12H9NO3/c14-12(15)6-5-9-11(7-12)16-10-4-2-1-3-8(10)13-9/h1-7,14-15H. The van der Waals surface area contributed by atoms with Gasteiger partial charge < -0.3 is 14.9 Å². The van der Waals surface area contributed by atoms with Gasteiger partial charge in [0.15, 0.2) is 11.5 Å². The third-order valence-electron chi connectivity index (χ3n) is 2.41. The number of para-hydroxylation sites is 2. The topological polar surface area (TPSA) is 62.0 Å². The molecule has 2 aliphatic rings. The molecule has 16 heavy (non-hydrogen) atoms. The van der Waals surface area contributed by atoms with Crippen molar-refractivity contribution in [3.8, 4) is 5.75 Å². The molecule has 0 amide bonds. The van der Waals surface area contributed by atoms with E-state index in [0.717, 1.165) is 5.69 Å². The lowest BCUT2D eigenvalue weighted by molar-refractivity contribution is -0.0760. The normalized spacial score (nSPS) is 20.1. The number of hydrogen-bond acceptors (Lipinski definition) is 4. The number of rotatable bonds is 0. The molecule has 80 valence electrons. The number of hydrogen-bond donors (Lipinski definition) is 2. The SMILES string of the molecule is OC1(O)C=CC2=Nc3ccccc3OC2=C1. The number of ether oxygens (including phenoxy) is 1. The minimum atomic E-state index is -1.96. The molecule has 0 bridgehead atoms. The van der Waals surface area contributed by atoms with E-state index in [-0.39, 0.29) is 0 Å². The molecule has 3 rings (SSSR count). The van der Waals surface area contributed by atoms with Crippen LogP contribution >= 0.6 is 0 Å². The Bertz CT molecular complexity index is 541. The highest BCUT2D eigenvalue weighted by Crippen LogP contribution is 2.35. The monoisotopic (exact) mass is 215 g/mol. The molecule has 4 heteroatoms. The molecule has 1 aliphatic carbocycles. The Balaban J connectivity index is 2.12. The maximum atomic E-state index is 9.42. The van der Waals surface area contributed by atoms with Crippen molar-refractivity contribution in [2.75, 3.05) is 0 Å². The average Bonchev–Trinajstić information content (AvgIpc) is 2.25. The molecule has 0 spiro atoms. The van der Waals surface area contributed by atoms with Crippen LogP contribution in [0.2, 0.25) is 0 Å². The van der Waals surface area contributed by atoms with E-state index in [0.29, 0.717) is 17.2 Å². The van der Waals surface area contributed by atoms with Crippen molar-refractivity contribution in [3.63, 3.8) is 0 Å². The second-order valence-corrected chi connectivity index (χ2v) is 3.69. The van der Waals surface area contributed by atoms with Crippen LogP contribution in [0.3, 0.4) is 0 Å². The van der Waals surface area contributed by atoms with Crippen LogP contribution in [-0.4, -0.2) is 21.7 Å². The molecular weight excluding hydrogens is 206 g/mol. The number of benzene rings is 1. The Morgan fingerprint density at radius 2 is 2.00 bits per heavy atom. The van der Waals surface area contributed by atoms with E-state index < -0.39 is 5.79 Å². The fourth-order valence-corrected chi connectivity index (χ4v) is 1.66. The summed E-state index contributed by atoms with van der Waals surface area (Å²) in [5.41, 5.74) is 1.33. The van der Waals surface area contributed by atoms with Crippen LogP contribution in [0.1, 0.15) is 0 Å². The van der Waals surface area contributed by atoms with Gasteiger partial charge in [-0.15, -0.1) is 0 Å². The molecule has 0 aromatic heterocycles. The van der Waals surface area contributed by atoms with Crippen LogP contribution in [0.25, 0.3) is 0 Å². The zero-order valence-corrected chi connectivity index (χ0v) is 8.29. The number of fused-ring (bicyclic) bond motifs is 2. The Hall–Kier alpha value is -1.91. The van der Waals surface area contributed by atoms with Gasteiger partial charge in [0.25, 0.3) is 0 Å². The molecule has 1 heterocycles. The summed E-state index contributed by atoms with van der Waals surface area (Å²) in [6, 6.07) is 7.33. The van der Waals surface area contributed by atoms with Gasteiger partial charge in [-0.25, -0.2) is 4.99 Å². The van der Waals surface area contributed by atoms with Crippen molar-refractivity contribution in [2.24, 2.45) is 4.99 Å². The van der Waals surface area contributed by atoms with Gasteiger partial charge in [-0.3, -0.25) is 0 Å². The minimum absolute atomic E-state index is 0.367. The largest absolute Gasteiger partial charge is 0.453 e. The Kier molecular flexibility index (Phi) is 1.77. The van der Waals surface area contributed by atoms with Crippen molar-refractivity contribution < 1.29 is 14.9 Å². The van der Waals surface area contributed by atoms with Crippen molar-refractivity contribution >= 4 is 11.4 Å². The molecule has 0 saturated heterocycles. The van der Waals surface area contributed by atoms with Gasteiger partial charge in [-0.1, -0.05) is 12.1 Å². The van der Waals surface area contributed by atoms with E-state index >= 15 is 0 Å². The summed E-state index contributed by atoms with van der Waals surface area (Å²) in [5.74, 6) is -0.976. The quantitative estimate of drug-likeness (QED) is 0.641. The predicted octanol–water partition coefficient (Wildman–Crippen LogP) is 1.29. The average molecular weight is 215 g/mol. The van der Waals surface area contributed by atoms with Crippen LogP contribution in [0, 0.1) is 0 Å². The summed E-state index contributed by atoms with van der Waals surface area (Å²) in [5, 5.41) is 18.8. The lowest BCUT2D eigenvalue weighted by Crippen LogP contribution is -2.29. The molecule has 1 aliphatic heterocycles. The molecule has 1 aromatic rings. The number of aliphatic hydroxyl groups is 2. The zero-order valence-electron chi connectivity index (χ0n) is 8.29. The lowest BCUT2D eigenvalue weighted by Gasteiger charge is -2.24. The van der Waals surface area contributed by atoms with Crippen molar-refractivity contribution in [3.05, 3.63) is 48.3 Å². The molecule has 4 nitrogen and oxygen atoms in total. The second kappa shape index (κ2) is 3.04. The zero-order chi connectivity index (χ0) is 11.2. The van der Waals surface area contributed by atoms with Crippen LogP contribution in [0.15, 0.2) is 53.2 Å². The van der Waals surface area contributed by atoms with E-state index in [9.17, 15) is 10.2 Å². The summed E-state index contributed by atoms with van der Waals surface area (Å²) in [4.78, 5) is 4.35. The van der Waals surface area contributed by atoms with E-state index in [1.807, 2.05) is 18.2 Å². The summed E-state index contributed by atoms with van der Waals surface area (Å²) in [7, 11) is 0.